The van der Waals surface area contributed by atoms with Gasteiger partial charge in [0, 0.05) is 13.2 Å². The van der Waals surface area contributed by atoms with Gasteiger partial charge in [-0.1, -0.05) is 0 Å². The minimum Gasteiger partial charge on any atom is -0.480 e. The highest BCUT2D eigenvalue weighted by molar-refractivity contribution is 7.89. The molecule has 2 heterocycles. The van der Waals surface area contributed by atoms with Crippen LogP contribution in [0.3, 0.4) is 0 Å². The number of aromatic nitrogens is 2. The van der Waals surface area contributed by atoms with Crippen molar-refractivity contribution in [2.45, 2.75) is 44.2 Å². The lowest BCUT2D eigenvalue weighted by Gasteiger charge is -2.11. The summed E-state index contributed by atoms with van der Waals surface area (Å²) in [4.78, 5) is 10.8. The van der Waals surface area contributed by atoms with Gasteiger partial charge >= 0.3 is 5.97 Å². The number of nitrogens with zero attached hydrogens (tertiary/aromatic N) is 2. The molecule has 1 aromatic heterocycles. The maximum absolute atomic E-state index is 12.4. The number of rotatable bonds is 6. The number of sulfonamides is 1. The minimum atomic E-state index is -3.73. The zero-order valence-corrected chi connectivity index (χ0v) is 12.8. The molecule has 21 heavy (non-hydrogen) atoms. The molecule has 1 aromatic rings. The number of nitrogens with one attached hydrogen (secondary N) is 1. The van der Waals surface area contributed by atoms with E-state index in [2.05, 4.69) is 9.82 Å². The SMILES string of the molecule is Cc1nn(CC(=O)O)c(C)c1S(=O)(=O)NCC1CCCO1. The predicted octanol–water partition coefficient (Wildman–Crippen LogP) is 0.0418. The quantitative estimate of drug-likeness (QED) is 0.766. The largest absolute Gasteiger partial charge is 0.480 e. The summed E-state index contributed by atoms with van der Waals surface area (Å²) in [7, 11) is -3.73. The van der Waals surface area contributed by atoms with Crippen LogP contribution in [0.25, 0.3) is 0 Å². The lowest BCUT2D eigenvalue weighted by molar-refractivity contribution is -0.137. The van der Waals surface area contributed by atoms with Gasteiger partial charge in [-0.25, -0.2) is 13.1 Å². The smallest absolute Gasteiger partial charge is 0.325 e. The van der Waals surface area contributed by atoms with Crippen LogP contribution in [0.1, 0.15) is 24.2 Å². The Balaban J connectivity index is 2.18. The van der Waals surface area contributed by atoms with Crippen LogP contribution in [-0.2, 0) is 26.1 Å². The molecule has 2 N–H and O–H groups in total. The maximum atomic E-state index is 12.4. The Labute approximate surface area is 123 Å². The zero-order valence-electron chi connectivity index (χ0n) is 12.0. The van der Waals surface area contributed by atoms with E-state index < -0.39 is 16.0 Å². The number of carbonyl (C=O) groups is 1. The molecule has 1 aliphatic heterocycles. The Bertz CT molecular complexity index is 632. The van der Waals surface area contributed by atoms with Gasteiger partial charge in [0.1, 0.15) is 11.4 Å². The van der Waals surface area contributed by atoms with E-state index in [0.717, 1.165) is 12.8 Å². The average Bonchev–Trinajstić information content (AvgIpc) is 2.96. The fraction of sp³-hybridized carbons (Fsp3) is 0.667. The molecular formula is C12H19N3O5S. The van der Waals surface area contributed by atoms with Crippen molar-refractivity contribution in [1.82, 2.24) is 14.5 Å². The minimum absolute atomic E-state index is 0.0433. The van der Waals surface area contributed by atoms with E-state index in [4.69, 9.17) is 9.84 Å². The van der Waals surface area contributed by atoms with Crippen molar-refractivity contribution < 1.29 is 23.1 Å². The van der Waals surface area contributed by atoms with E-state index in [0.29, 0.717) is 12.3 Å². The third-order valence-corrected chi connectivity index (χ3v) is 5.07. The number of hydrogen-bond donors (Lipinski definition) is 2. The highest BCUT2D eigenvalue weighted by atomic mass is 32.2. The molecular weight excluding hydrogens is 298 g/mol. The van der Waals surface area contributed by atoms with Crippen LogP contribution in [0.2, 0.25) is 0 Å². The first kappa shape index (κ1) is 15.9. The highest BCUT2D eigenvalue weighted by Gasteiger charge is 2.26. The maximum Gasteiger partial charge on any atom is 0.325 e. The number of hydrogen-bond acceptors (Lipinski definition) is 5. The molecule has 0 aromatic carbocycles. The molecule has 8 nitrogen and oxygen atoms in total. The van der Waals surface area contributed by atoms with E-state index >= 15 is 0 Å². The monoisotopic (exact) mass is 317 g/mol. The number of ether oxygens (including phenoxy) is 1. The van der Waals surface area contributed by atoms with Crippen molar-refractivity contribution in [1.29, 1.82) is 0 Å². The molecule has 1 saturated heterocycles. The second-order valence-electron chi connectivity index (χ2n) is 5.04. The summed E-state index contributed by atoms with van der Waals surface area (Å²) in [6.07, 6.45) is 1.66. The van der Waals surface area contributed by atoms with Crippen LogP contribution in [-0.4, -0.2) is 48.5 Å². The van der Waals surface area contributed by atoms with Gasteiger partial charge < -0.3 is 9.84 Å². The van der Waals surface area contributed by atoms with Gasteiger partial charge in [0.15, 0.2) is 0 Å². The van der Waals surface area contributed by atoms with E-state index in [1.807, 2.05) is 0 Å². The first-order valence-corrected chi connectivity index (χ1v) is 8.16. The topological polar surface area (TPSA) is 111 Å². The van der Waals surface area contributed by atoms with E-state index in [9.17, 15) is 13.2 Å². The highest BCUT2D eigenvalue weighted by Crippen LogP contribution is 2.20. The molecule has 118 valence electrons. The van der Waals surface area contributed by atoms with Gasteiger partial charge in [-0.15, -0.1) is 0 Å². The molecule has 0 saturated carbocycles. The molecule has 1 atom stereocenters. The fourth-order valence-corrected chi connectivity index (χ4v) is 3.91. The summed E-state index contributed by atoms with van der Waals surface area (Å²) >= 11 is 0. The molecule has 0 bridgehead atoms. The number of aryl methyl sites for hydroxylation is 1. The van der Waals surface area contributed by atoms with Gasteiger partial charge in [0.25, 0.3) is 0 Å². The van der Waals surface area contributed by atoms with Gasteiger partial charge in [0.2, 0.25) is 10.0 Å². The van der Waals surface area contributed by atoms with Crippen LogP contribution in [0, 0.1) is 13.8 Å². The molecule has 1 fully saturated rings. The van der Waals surface area contributed by atoms with Crippen molar-refractivity contribution in [3.63, 3.8) is 0 Å². The van der Waals surface area contributed by atoms with Crippen molar-refractivity contribution >= 4 is 16.0 Å². The summed E-state index contributed by atoms with van der Waals surface area (Å²) in [6.45, 7) is 3.59. The third kappa shape index (κ3) is 3.60. The summed E-state index contributed by atoms with van der Waals surface area (Å²) in [5, 5.41) is 12.8. The Morgan fingerprint density at radius 2 is 2.24 bits per heavy atom. The first-order valence-electron chi connectivity index (χ1n) is 6.68. The van der Waals surface area contributed by atoms with Crippen LogP contribution < -0.4 is 4.72 Å². The van der Waals surface area contributed by atoms with Crippen LogP contribution in [0.4, 0.5) is 0 Å². The third-order valence-electron chi connectivity index (χ3n) is 3.39. The normalized spacial score (nSPS) is 19.0. The second kappa shape index (κ2) is 6.12. The first-order chi connectivity index (χ1) is 9.81. The van der Waals surface area contributed by atoms with Gasteiger partial charge in [-0.05, 0) is 26.7 Å². The fourth-order valence-electron chi connectivity index (χ4n) is 2.43. The molecule has 1 unspecified atom stereocenters. The molecule has 0 aliphatic carbocycles. The number of carboxylic acid groups (broad SMARTS) is 1. The van der Waals surface area contributed by atoms with Crippen LogP contribution in [0.15, 0.2) is 4.90 Å². The van der Waals surface area contributed by atoms with E-state index in [-0.39, 0.29) is 29.8 Å². The standard InChI is InChI=1S/C12H19N3O5S/c1-8-12(9(2)15(14-8)7-11(16)17)21(18,19)13-6-10-4-3-5-20-10/h10,13H,3-7H2,1-2H3,(H,16,17). The Morgan fingerprint density at radius 1 is 1.52 bits per heavy atom. The summed E-state index contributed by atoms with van der Waals surface area (Å²) in [5.41, 5.74) is 0.600. The second-order valence-corrected chi connectivity index (χ2v) is 6.74. The molecule has 1 aliphatic rings. The van der Waals surface area contributed by atoms with Gasteiger partial charge in [-0.2, -0.15) is 5.10 Å². The Hall–Kier alpha value is -1.45. The average molecular weight is 317 g/mol. The van der Waals surface area contributed by atoms with Crippen molar-refractivity contribution in [2.24, 2.45) is 0 Å². The molecule has 0 amide bonds. The molecule has 0 radical (unpaired) electrons. The van der Waals surface area contributed by atoms with Gasteiger partial charge in [-0.3, -0.25) is 9.48 Å². The molecule has 2 rings (SSSR count). The lowest BCUT2D eigenvalue weighted by Crippen LogP contribution is -2.32. The lowest BCUT2D eigenvalue weighted by atomic mass is 10.2. The van der Waals surface area contributed by atoms with Crippen molar-refractivity contribution in [2.75, 3.05) is 13.2 Å². The van der Waals surface area contributed by atoms with Crippen LogP contribution in [0.5, 0.6) is 0 Å². The Morgan fingerprint density at radius 3 is 2.81 bits per heavy atom. The molecule has 9 heteroatoms. The van der Waals surface area contributed by atoms with Crippen LogP contribution >= 0.6 is 0 Å². The number of carboxylic acids is 1. The summed E-state index contributed by atoms with van der Waals surface area (Å²) in [5.74, 6) is -1.07. The molecule has 0 spiro atoms. The van der Waals surface area contributed by atoms with E-state index in [1.165, 1.54) is 4.68 Å². The van der Waals surface area contributed by atoms with E-state index in [1.54, 1.807) is 13.8 Å². The zero-order chi connectivity index (χ0) is 15.6. The summed E-state index contributed by atoms with van der Waals surface area (Å²) < 4.78 is 33.8. The number of aliphatic carboxylic acids is 1. The predicted molar refractivity (Wildman–Crippen MR) is 73.5 cm³/mol. The Kier molecular flexibility index (Phi) is 4.64. The van der Waals surface area contributed by atoms with Crippen molar-refractivity contribution in [3.8, 4) is 0 Å². The van der Waals surface area contributed by atoms with Gasteiger partial charge in [0.05, 0.1) is 17.5 Å². The summed E-state index contributed by atoms with van der Waals surface area (Å²) in [6, 6.07) is 0. The van der Waals surface area contributed by atoms with Crippen molar-refractivity contribution in [3.05, 3.63) is 11.4 Å².